The molecule has 1 atom stereocenters. The fourth-order valence-electron chi connectivity index (χ4n) is 3.36. The van der Waals surface area contributed by atoms with Crippen molar-refractivity contribution in [3.05, 3.63) is 65.3 Å². The van der Waals surface area contributed by atoms with Gasteiger partial charge < -0.3 is 14.6 Å². The number of halogens is 1. The van der Waals surface area contributed by atoms with Crippen LogP contribution in [0.2, 0.25) is 0 Å². The largest absolute Gasteiger partial charge is 0.376 e. The zero-order valence-electron chi connectivity index (χ0n) is 15.9. The lowest BCUT2D eigenvalue weighted by atomic mass is 10.1. The van der Waals surface area contributed by atoms with Gasteiger partial charge in [0.1, 0.15) is 0 Å². The van der Waals surface area contributed by atoms with Crippen molar-refractivity contribution >= 4 is 39.3 Å². The van der Waals surface area contributed by atoms with Gasteiger partial charge in [-0.05, 0) is 46.5 Å². The summed E-state index contributed by atoms with van der Waals surface area (Å²) in [4.78, 5) is 17.1. The van der Waals surface area contributed by atoms with Crippen LogP contribution < -0.4 is 5.32 Å². The smallest absolute Gasteiger partial charge is 0.234 e. The van der Waals surface area contributed by atoms with Crippen molar-refractivity contribution in [1.82, 2.24) is 9.55 Å². The van der Waals surface area contributed by atoms with Crippen molar-refractivity contribution in [3.8, 4) is 11.3 Å². The van der Waals surface area contributed by atoms with Gasteiger partial charge in [-0.1, -0.05) is 54.2 Å². The van der Waals surface area contributed by atoms with Gasteiger partial charge in [-0.15, -0.1) is 0 Å². The first-order valence-electron chi connectivity index (χ1n) is 9.60. The van der Waals surface area contributed by atoms with Crippen LogP contribution in [0.25, 0.3) is 11.3 Å². The average molecular weight is 472 g/mol. The van der Waals surface area contributed by atoms with Crippen molar-refractivity contribution < 1.29 is 9.53 Å². The molecule has 0 bridgehead atoms. The molecular formula is C22H22BrN3O2S. The molecule has 1 N–H and O–H groups in total. The average Bonchev–Trinajstić information content (AvgIpc) is 3.39. The van der Waals surface area contributed by atoms with Crippen LogP contribution in [0.5, 0.6) is 0 Å². The molecule has 0 radical (unpaired) electrons. The molecule has 1 fully saturated rings. The number of aromatic nitrogens is 2. The van der Waals surface area contributed by atoms with Crippen LogP contribution in [0.3, 0.4) is 0 Å². The van der Waals surface area contributed by atoms with Gasteiger partial charge in [0.05, 0.1) is 36.0 Å². The van der Waals surface area contributed by atoms with Crippen LogP contribution in [0.15, 0.2) is 70.4 Å². The Morgan fingerprint density at radius 2 is 2.00 bits per heavy atom. The highest BCUT2D eigenvalue weighted by Crippen LogP contribution is 2.29. The number of hydrogen-bond donors (Lipinski definition) is 1. The van der Waals surface area contributed by atoms with E-state index in [-0.39, 0.29) is 17.8 Å². The Labute approximate surface area is 183 Å². The monoisotopic (exact) mass is 471 g/mol. The van der Waals surface area contributed by atoms with E-state index in [1.807, 2.05) is 48.7 Å². The molecule has 0 unspecified atom stereocenters. The highest BCUT2D eigenvalue weighted by Gasteiger charge is 2.21. The summed E-state index contributed by atoms with van der Waals surface area (Å²) in [7, 11) is 0. The normalized spacial score (nSPS) is 16.1. The van der Waals surface area contributed by atoms with Crippen molar-refractivity contribution in [1.29, 1.82) is 0 Å². The topological polar surface area (TPSA) is 56.2 Å². The van der Waals surface area contributed by atoms with E-state index in [2.05, 4.69) is 42.9 Å². The standard InChI is InChI=1S/C22H22BrN3O2S/c23-18-10-4-5-11-19(18)25-21(27)15-29-22-24-13-20(16-7-2-1-3-8-16)26(22)14-17-9-6-12-28-17/h1-5,7-8,10-11,13,17H,6,9,12,14-15H2,(H,25,27)/t17-/m1/s1. The van der Waals surface area contributed by atoms with Gasteiger partial charge in [-0.25, -0.2) is 4.98 Å². The molecule has 1 aliphatic rings. The van der Waals surface area contributed by atoms with Crippen molar-refractivity contribution in [2.75, 3.05) is 17.7 Å². The minimum Gasteiger partial charge on any atom is -0.376 e. The van der Waals surface area contributed by atoms with E-state index in [0.717, 1.165) is 52.6 Å². The summed E-state index contributed by atoms with van der Waals surface area (Å²) in [6, 6.07) is 17.8. The Kier molecular flexibility index (Phi) is 6.69. The number of nitrogens with zero attached hydrogens (tertiary/aromatic N) is 2. The zero-order valence-corrected chi connectivity index (χ0v) is 18.3. The SMILES string of the molecule is O=C(CSc1ncc(-c2ccccc2)n1C[C@H]1CCCO1)Nc1ccccc1Br. The Hall–Kier alpha value is -2.09. The molecule has 1 aromatic heterocycles. The van der Waals surface area contributed by atoms with Gasteiger partial charge in [0.15, 0.2) is 5.16 Å². The number of hydrogen-bond acceptors (Lipinski definition) is 4. The maximum absolute atomic E-state index is 12.5. The number of benzene rings is 2. The van der Waals surface area contributed by atoms with E-state index in [4.69, 9.17) is 4.74 Å². The van der Waals surface area contributed by atoms with Crippen LogP contribution in [0, 0.1) is 0 Å². The number of carbonyl (C=O) groups excluding carboxylic acids is 1. The number of amides is 1. The maximum atomic E-state index is 12.5. The first kappa shape index (κ1) is 20.2. The first-order chi connectivity index (χ1) is 14.2. The molecule has 0 saturated carbocycles. The lowest BCUT2D eigenvalue weighted by Gasteiger charge is -2.16. The molecular weight excluding hydrogens is 450 g/mol. The third-order valence-corrected chi connectivity index (χ3v) is 6.46. The van der Waals surface area contributed by atoms with E-state index < -0.39 is 0 Å². The highest BCUT2D eigenvalue weighted by atomic mass is 79.9. The molecule has 29 heavy (non-hydrogen) atoms. The molecule has 5 nitrogen and oxygen atoms in total. The fraction of sp³-hybridized carbons (Fsp3) is 0.273. The molecule has 1 aliphatic heterocycles. The van der Waals surface area contributed by atoms with Gasteiger partial charge in [0.2, 0.25) is 5.91 Å². The van der Waals surface area contributed by atoms with Crippen molar-refractivity contribution in [2.24, 2.45) is 0 Å². The summed E-state index contributed by atoms with van der Waals surface area (Å²) in [6.45, 7) is 1.56. The summed E-state index contributed by atoms with van der Waals surface area (Å²) in [5, 5.41) is 3.78. The second-order valence-corrected chi connectivity index (χ2v) is 8.65. The number of carbonyl (C=O) groups is 1. The lowest BCUT2D eigenvalue weighted by Crippen LogP contribution is -2.18. The number of rotatable bonds is 7. The molecule has 0 aliphatic carbocycles. The zero-order chi connectivity index (χ0) is 20.1. The molecule has 2 aromatic carbocycles. The second kappa shape index (κ2) is 9.61. The molecule has 7 heteroatoms. The Morgan fingerprint density at radius 3 is 2.76 bits per heavy atom. The molecule has 4 rings (SSSR count). The second-order valence-electron chi connectivity index (χ2n) is 6.85. The Morgan fingerprint density at radius 1 is 1.21 bits per heavy atom. The van der Waals surface area contributed by atoms with Crippen molar-refractivity contribution in [2.45, 2.75) is 30.6 Å². The molecule has 3 aromatic rings. The minimum absolute atomic E-state index is 0.0603. The molecule has 2 heterocycles. The van der Waals surface area contributed by atoms with Gasteiger partial charge in [0.25, 0.3) is 0 Å². The van der Waals surface area contributed by atoms with Crippen LogP contribution in [0.1, 0.15) is 12.8 Å². The molecule has 1 amide bonds. The van der Waals surface area contributed by atoms with E-state index >= 15 is 0 Å². The Bertz CT molecular complexity index is 971. The van der Waals surface area contributed by atoms with Crippen LogP contribution in [-0.2, 0) is 16.1 Å². The van der Waals surface area contributed by atoms with Crippen LogP contribution in [-0.4, -0.2) is 33.9 Å². The van der Waals surface area contributed by atoms with Crippen molar-refractivity contribution in [3.63, 3.8) is 0 Å². The number of para-hydroxylation sites is 1. The lowest BCUT2D eigenvalue weighted by molar-refractivity contribution is -0.113. The number of thioether (sulfide) groups is 1. The van der Waals surface area contributed by atoms with E-state index in [0.29, 0.717) is 0 Å². The van der Waals surface area contributed by atoms with Gasteiger partial charge in [0, 0.05) is 11.1 Å². The van der Waals surface area contributed by atoms with Crippen LogP contribution >= 0.6 is 27.7 Å². The maximum Gasteiger partial charge on any atom is 0.234 e. The fourth-order valence-corrected chi connectivity index (χ4v) is 4.53. The Balaban J connectivity index is 1.49. The predicted molar refractivity (Wildman–Crippen MR) is 120 cm³/mol. The molecule has 1 saturated heterocycles. The van der Waals surface area contributed by atoms with E-state index in [1.54, 1.807) is 0 Å². The summed E-state index contributed by atoms with van der Waals surface area (Å²) >= 11 is 4.91. The molecule has 0 spiro atoms. The number of imidazole rings is 1. The third kappa shape index (κ3) is 5.10. The minimum atomic E-state index is -0.0603. The third-order valence-electron chi connectivity index (χ3n) is 4.78. The van der Waals surface area contributed by atoms with E-state index in [1.165, 1.54) is 11.8 Å². The van der Waals surface area contributed by atoms with E-state index in [9.17, 15) is 4.79 Å². The highest BCUT2D eigenvalue weighted by molar-refractivity contribution is 9.10. The van der Waals surface area contributed by atoms with Gasteiger partial charge in [-0.3, -0.25) is 4.79 Å². The number of ether oxygens (including phenoxy) is 1. The summed E-state index contributed by atoms with van der Waals surface area (Å²) in [5.74, 6) is 0.229. The van der Waals surface area contributed by atoms with Gasteiger partial charge in [-0.2, -0.15) is 0 Å². The van der Waals surface area contributed by atoms with Gasteiger partial charge >= 0.3 is 0 Å². The first-order valence-corrected chi connectivity index (χ1v) is 11.4. The summed E-state index contributed by atoms with van der Waals surface area (Å²) in [5.41, 5.74) is 2.93. The predicted octanol–water partition coefficient (Wildman–Crippen LogP) is 5.22. The summed E-state index contributed by atoms with van der Waals surface area (Å²) in [6.07, 6.45) is 4.23. The number of anilines is 1. The quantitative estimate of drug-likeness (QED) is 0.479. The number of nitrogens with one attached hydrogen (secondary N) is 1. The molecule has 150 valence electrons. The van der Waals surface area contributed by atoms with Crippen LogP contribution in [0.4, 0.5) is 5.69 Å². The summed E-state index contributed by atoms with van der Waals surface area (Å²) < 4.78 is 8.90.